The predicted octanol–water partition coefficient (Wildman–Crippen LogP) is 1.82. The van der Waals surface area contributed by atoms with E-state index in [0.29, 0.717) is 26.1 Å². The number of carbonyl (C=O) groups is 1. The third-order valence-corrected chi connectivity index (χ3v) is 2.82. The number of aliphatic hydroxyl groups is 1. The third kappa shape index (κ3) is 13.5. The number of hydrogen-bond donors (Lipinski definition) is 3. The van der Waals surface area contributed by atoms with Crippen LogP contribution >= 0.6 is 0 Å². The number of hydrogen-bond acceptors (Lipinski definition) is 3. The molecule has 1 atom stereocenters. The first-order valence-electron chi connectivity index (χ1n) is 7.32. The van der Waals surface area contributed by atoms with Gasteiger partial charge < -0.3 is 15.7 Å². The Bertz CT molecular complexity index is 196. The fraction of sp³-hybridized carbons (Fsp3) is 0.929. The largest absolute Gasteiger partial charge is 0.392 e. The molecule has 0 bridgehead atoms. The number of aliphatic hydroxyl groups excluding tert-OH is 1. The molecule has 0 radical (unpaired) electrons. The summed E-state index contributed by atoms with van der Waals surface area (Å²) in [6, 6.07) is 0. The molecular weight excluding hydrogens is 228 g/mol. The van der Waals surface area contributed by atoms with Gasteiger partial charge in [0.2, 0.25) is 5.91 Å². The summed E-state index contributed by atoms with van der Waals surface area (Å²) in [4.78, 5) is 11.4. The van der Waals surface area contributed by atoms with Gasteiger partial charge in [-0.05, 0) is 13.3 Å². The summed E-state index contributed by atoms with van der Waals surface area (Å²) in [5.41, 5.74) is 0. The Morgan fingerprint density at radius 3 is 2.44 bits per heavy atom. The first kappa shape index (κ1) is 17.4. The molecule has 0 aliphatic carbocycles. The SMILES string of the molecule is CCCCCCCCC(=O)NCCNCC(C)O. The molecule has 0 aromatic heterocycles. The fourth-order valence-electron chi connectivity index (χ4n) is 1.76. The van der Waals surface area contributed by atoms with Crippen LogP contribution in [0.3, 0.4) is 0 Å². The zero-order valence-electron chi connectivity index (χ0n) is 12.0. The molecule has 18 heavy (non-hydrogen) atoms. The molecule has 0 rings (SSSR count). The van der Waals surface area contributed by atoms with Crippen molar-refractivity contribution in [2.24, 2.45) is 0 Å². The first-order chi connectivity index (χ1) is 8.66. The van der Waals surface area contributed by atoms with Crippen molar-refractivity contribution in [1.82, 2.24) is 10.6 Å². The normalized spacial score (nSPS) is 12.4. The highest BCUT2D eigenvalue weighted by molar-refractivity contribution is 5.75. The van der Waals surface area contributed by atoms with Crippen LogP contribution in [0.2, 0.25) is 0 Å². The molecule has 0 heterocycles. The van der Waals surface area contributed by atoms with Gasteiger partial charge in [0, 0.05) is 26.1 Å². The summed E-state index contributed by atoms with van der Waals surface area (Å²) in [5.74, 6) is 0.143. The quantitative estimate of drug-likeness (QED) is 0.468. The Kier molecular flexibility index (Phi) is 12.4. The second-order valence-electron chi connectivity index (χ2n) is 4.92. The van der Waals surface area contributed by atoms with Gasteiger partial charge >= 0.3 is 0 Å². The minimum Gasteiger partial charge on any atom is -0.392 e. The highest BCUT2D eigenvalue weighted by atomic mass is 16.3. The van der Waals surface area contributed by atoms with Crippen LogP contribution in [-0.2, 0) is 4.79 Å². The van der Waals surface area contributed by atoms with E-state index in [4.69, 9.17) is 5.11 Å². The van der Waals surface area contributed by atoms with E-state index in [-0.39, 0.29) is 12.0 Å². The first-order valence-corrected chi connectivity index (χ1v) is 7.32. The van der Waals surface area contributed by atoms with Crippen molar-refractivity contribution in [2.75, 3.05) is 19.6 Å². The zero-order chi connectivity index (χ0) is 13.6. The van der Waals surface area contributed by atoms with Gasteiger partial charge in [0.25, 0.3) is 0 Å². The summed E-state index contributed by atoms with van der Waals surface area (Å²) in [5, 5.41) is 15.0. The lowest BCUT2D eigenvalue weighted by atomic mass is 10.1. The third-order valence-electron chi connectivity index (χ3n) is 2.82. The average Bonchev–Trinajstić information content (AvgIpc) is 2.33. The van der Waals surface area contributed by atoms with Crippen molar-refractivity contribution in [3.63, 3.8) is 0 Å². The Morgan fingerprint density at radius 1 is 1.11 bits per heavy atom. The molecule has 0 saturated heterocycles. The van der Waals surface area contributed by atoms with Crippen molar-refractivity contribution < 1.29 is 9.90 Å². The summed E-state index contributed by atoms with van der Waals surface area (Å²) in [7, 11) is 0. The monoisotopic (exact) mass is 258 g/mol. The number of unbranched alkanes of at least 4 members (excludes halogenated alkanes) is 5. The second kappa shape index (κ2) is 12.8. The lowest BCUT2D eigenvalue weighted by Crippen LogP contribution is -2.34. The predicted molar refractivity (Wildman–Crippen MR) is 75.6 cm³/mol. The van der Waals surface area contributed by atoms with E-state index in [9.17, 15) is 4.79 Å². The van der Waals surface area contributed by atoms with Crippen LogP contribution in [0.15, 0.2) is 0 Å². The Morgan fingerprint density at radius 2 is 1.78 bits per heavy atom. The Labute approximate surface area is 112 Å². The van der Waals surface area contributed by atoms with E-state index >= 15 is 0 Å². The lowest BCUT2D eigenvalue weighted by molar-refractivity contribution is -0.121. The number of nitrogens with one attached hydrogen (secondary N) is 2. The summed E-state index contributed by atoms with van der Waals surface area (Å²) >= 11 is 0. The highest BCUT2D eigenvalue weighted by Gasteiger charge is 2.00. The Hall–Kier alpha value is -0.610. The minimum atomic E-state index is -0.330. The minimum absolute atomic E-state index is 0.143. The van der Waals surface area contributed by atoms with E-state index in [1.165, 1.54) is 25.7 Å². The van der Waals surface area contributed by atoms with Crippen LogP contribution in [0.4, 0.5) is 0 Å². The highest BCUT2D eigenvalue weighted by Crippen LogP contribution is 2.06. The fourth-order valence-corrected chi connectivity index (χ4v) is 1.76. The van der Waals surface area contributed by atoms with E-state index in [2.05, 4.69) is 17.6 Å². The molecule has 3 N–H and O–H groups in total. The summed E-state index contributed by atoms with van der Waals surface area (Å²) < 4.78 is 0. The average molecular weight is 258 g/mol. The molecular formula is C14H30N2O2. The van der Waals surface area contributed by atoms with Crippen molar-refractivity contribution in [3.8, 4) is 0 Å². The van der Waals surface area contributed by atoms with Crippen LogP contribution in [0.5, 0.6) is 0 Å². The molecule has 0 aliphatic rings. The van der Waals surface area contributed by atoms with E-state index in [1.54, 1.807) is 6.92 Å². The zero-order valence-corrected chi connectivity index (χ0v) is 12.0. The molecule has 1 amide bonds. The van der Waals surface area contributed by atoms with Crippen LogP contribution in [-0.4, -0.2) is 36.8 Å². The molecule has 0 aliphatic heterocycles. The van der Waals surface area contributed by atoms with Gasteiger partial charge in [-0.1, -0.05) is 39.0 Å². The van der Waals surface area contributed by atoms with Crippen molar-refractivity contribution in [1.29, 1.82) is 0 Å². The summed E-state index contributed by atoms with van der Waals surface area (Å²) in [6.07, 6.45) is 7.58. The number of carbonyl (C=O) groups excluding carboxylic acids is 1. The number of rotatable bonds is 12. The van der Waals surface area contributed by atoms with Crippen LogP contribution in [0, 0.1) is 0 Å². The topological polar surface area (TPSA) is 61.4 Å². The van der Waals surface area contributed by atoms with Gasteiger partial charge in [-0.15, -0.1) is 0 Å². The van der Waals surface area contributed by atoms with Gasteiger partial charge in [0.15, 0.2) is 0 Å². The molecule has 0 spiro atoms. The maximum atomic E-state index is 11.4. The van der Waals surface area contributed by atoms with Crippen molar-refractivity contribution in [2.45, 2.75) is 64.9 Å². The van der Waals surface area contributed by atoms with Crippen LogP contribution < -0.4 is 10.6 Å². The molecule has 108 valence electrons. The van der Waals surface area contributed by atoms with Gasteiger partial charge in [-0.25, -0.2) is 0 Å². The molecule has 0 saturated carbocycles. The van der Waals surface area contributed by atoms with Crippen molar-refractivity contribution >= 4 is 5.91 Å². The number of amides is 1. The Balaban J connectivity index is 3.17. The van der Waals surface area contributed by atoms with E-state index < -0.39 is 0 Å². The maximum Gasteiger partial charge on any atom is 0.220 e. The molecule has 0 fully saturated rings. The van der Waals surface area contributed by atoms with Gasteiger partial charge in [0.1, 0.15) is 0 Å². The van der Waals surface area contributed by atoms with Gasteiger partial charge in [0.05, 0.1) is 6.10 Å². The molecule has 1 unspecified atom stereocenters. The lowest BCUT2D eigenvalue weighted by Gasteiger charge is -2.08. The molecule has 4 nitrogen and oxygen atoms in total. The second-order valence-corrected chi connectivity index (χ2v) is 4.92. The van der Waals surface area contributed by atoms with E-state index in [1.807, 2.05) is 0 Å². The molecule has 0 aromatic rings. The van der Waals surface area contributed by atoms with Gasteiger partial charge in [-0.3, -0.25) is 4.79 Å². The molecule has 4 heteroatoms. The van der Waals surface area contributed by atoms with Gasteiger partial charge in [-0.2, -0.15) is 0 Å². The van der Waals surface area contributed by atoms with E-state index in [0.717, 1.165) is 12.8 Å². The smallest absolute Gasteiger partial charge is 0.220 e. The summed E-state index contributed by atoms with van der Waals surface area (Å²) in [6.45, 7) is 5.88. The maximum absolute atomic E-state index is 11.4. The molecule has 0 aromatic carbocycles. The standard InChI is InChI=1S/C14H30N2O2/c1-3-4-5-6-7-8-9-14(18)16-11-10-15-12-13(2)17/h13,15,17H,3-12H2,1-2H3,(H,16,18). The van der Waals surface area contributed by atoms with Crippen molar-refractivity contribution in [3.05, 3.63) is 0 Å². The van der Waals surface area contributed by atoms with Crippen LogP contribution in [0.25, 0.3) is 0 Å². The van der Waals surface area contributed by atoms with Crippen LogP contribution in [0.1, 0.15) is 58.8 Å².